The van der Waals surface area contributed by atoms with Gasteiger partial charge in [0.1, 0.15) is 0 Å². The quantitative estimate of drug-likeness (QED) is 0.834. The minimum atomic E-state index is -0.852. The molecule has 1 fully saturated rings. The second-order valence-electron chi connectivity index (χ2n) is 4.03. The molecule has 0 saturated carbocycles. The Balaban J connectivity index is 1.89. The van der Waals surface area contributed by atoms with Crippen molar-refractivity contribution in [1.29, 1.82) is 0 Å². The summed E-state index contributed by atoms with van der Waals surface area (Å²) in [6, 6.07) is -0.281. The molecule has 0 aromatic carbocycles. The molecule has 0 atom stereocenters. The molecule has 1 aliphatic rings. The van der Waals surface area contributed by atoms with Crippen molar-refractivity contribution in [1.82, 2.24) is 9.88 Å². The third kappa shape index (κ3) is 2.38. The van der Waals surface area contributed by atoms with E-state index < -0.39 is 11.9 Å². The molecule has 0 aliphatic carbocycles. The number of anilines is 1. The van der Waals surface area contributed by atoms with Crippen molar-refractivity contribution in [3.63, 3.8) is 0 Å². The lowest BCUT2D eigenvalue weighted by atomic mass is 10.0. The second kappa shape index (κ2) is 4.33. The molecule has 0 spiro atoms. The Labute approximate surface area is 102 Å². The number of nitrogens with one attached hydrogen (secondary N) is 1. The van der Waals surface area contributed by atoms with Gasteiger partial charge in [0.15, 0.2) is 5.13 Å². The van der Waals surface area contributed by atoms with E-state index in [0.29, 0.717) is 5.13 Å². The number of carbonyl (C=O) groups is 2. The van der Waals surface area contributed by atoms with Crippen LogP contribution in [0.2, 0.25) is 0 Å². The molecular weight excluding hydrogens is 242 g/mol. The smallest absolute Gasteiger partial charge is 0.323 e. The van der Waals surface area contributed by atoms with Crippen LogP contribution in [0.4, 0.5) is 9.93 Å². The van der Waals surface area contributed by atoms with Gasteiger partial charge in [0, 0.05) is 18.0 Å². The monoisotopic (exact) mass is 255 g/mol. The molecule has 7 heteroatoms. The molecule has 1 aromatic rings. The zero-order valence-corrected chi connectivity index (χ0v) is 10.4. The number of amides is 2. The predicted octanol–water partition coefficient (Wildman–Crippen LogP) is 1.31. The minimum Gasteiger partial charge on any atom is -0.481 e. The molecule has 6 nitrogen and oxygen atoms in total. The van der Waals surface area contributed by atoms with E-state index >= 15 is 0 Å². The van der Waals surface area contributed by atoms with Gasteiger partial charge in [0.2, 0.25) is 0 Å². The van der Waals surface area contributed by atoms with E-state index in [9.17, 15) is 9.59 Å². The maximum absolute atomic E-state index is 11.7. The molecule has 0 unspecified atom stereocenters. The van der Waals surface area contributed by atoms with Gasteiger partial charge in [-0.2, -0.15) is 0 Å². The standard InChI is InChI=1S/C10H13N3O3S/c1-5-6(2)17-9(11-5)12-10(16)13-3-7(4-13)8(14)15/h7H,3-4H2,1-2H3,(H,14,15)(H,11,12,16). The van der Waals surface area contributed by atoms with Gasteiger partial charge >= 0.3 is 12.0 Å². The number of hydrogen-bond acceptors (Lipinski definition) is 4. The van der Waals surface area contributed by atoms with E-state index in [0.717, 1.165) is 10.6 Å². The predicted molar refractivity (Wildman–Crippen MR) is 63.3 cm³/mol. The van der Waals surface area contributed by atoms with Crippen molar-refractivity contribution >= 4 is 28.5 Å². The van der Waals surface area contributed by atoms with Gasteiger partial charge in [-0.15, -0.1) is 11.3 Å². The van der Waals surface area contributed by atoms with Gasteiger partial charge in [-0.25, -0.2) is 9.78 Å². The summed E-state index contributed by atoms with van der Waals surface area (Å²) in [4.78, 5) is 29.0. The SMILES string of the molecule is Cc1nc(NC(=O)N2CC(C(=O)O)C2)sc1C. The highest BCUT2D eigenvalue weighted by Gasteiger charge is 2.35. The third-order valence-corrected chi connectivity index (χ3v) is 3.75. The fourth-order valence-electron chi connectivity index (χ4n) is 1.50. The molecular formula is C10H13N3O3S. The minimum absolute atomic E-state index is 0.268. The van der Waals surface area contributed by atoms with Crippen molar-refractivity contribution in [2.24, 2.45) is 5.92 Å². The normalized spacial score (nSPS) is 15.5. The summed E-state index contributed by atoms with van der Waals surface area (Å²) in [6.07, 6.45) is 0. The van der Waals surface area contributed by atoms with Crippen LogP contribution in [0.25, 0.3) is 0 Å². The third-order valence-electron chi connectivity index (χ3n) is 2.76. The summed E-state index contributed by atoms with van der Waals surface area (Å²) >= 11 is 1.42. The number of aryl methyl sites for hydroxylation is 2. The molecule has 2 rings (SSSR count). The first kappa shape index (κ1) is 11.8. The van der Waals surface area contributed by atoms with E-state index in [4.69, 9.17) is 5.11 Å². The van der Waals surface area contributed by atoms with Crippen LogP contribution in [0.5, 0.6) is 0 Å². The van der Waals surface area contributed by atoms with Gasteiger partial charge in [-0.05, 0) is 13.8 Å². The maximum atomic E-state index is 11.7. The molecule has 1 aromatic heterocycles. The number of rotatable bonds is 2. The lowest BCUT2D eigenvalue weighted by molar-refractivity contribution is -0.145. The van der Waals surface area contributed by atoms with Crippen molar-refractivity contribution < 1.29 is 14.7 Å². The highest BCUT2D eigenvalue weighted by Crippen LogP contribution is 2.23. The zero-order chi connectivity index (χ0) is 12.6. The van der Waals surface area contributed by atoms with Crippen LogP contribution in [0.15, 0.2) is 0 Å². The van der Waals surface area contributed by atoms with Gasteiger partial charge in [0.05, 0.1) is 11.6 Å². The summed E-state index contributed by atoms with van der Waals surface area (Å²) in [5.74, 6) is -1.28. The molecule has 92 valence electrons. The van der Waals surface area contributed by atoms with Crippen LogP contribution in [0.3, 0.4) is 0 Å². The van der Waals surface area contributed by atoms with E-state index in [2.05, 4.69) is 10.3 Å². The van der Waals surface area contributed by atoms with Gasteiger partial charge in [-0.3, -0.25) is 10.1 Å². The van der Waals surface area contributed by atoms with E-state index in [1.807, 2.05) is 13.8 Å². The van der Waals surface area contributed by atoms with E-state index in [1.54, 1.807) is 0 Å². The zero-order valence-electron chi connectivity index (χ0n) is 9.56. The van der Waals surface area contributed by atoms with Gasteiger partial charge in [-0.1, -0.05) is 0 Å². The van der Waals surface area contributed by atoms with Crippen LogP contribution in [0.1, 0.15) is 10.6 Å². The van der Waals surface area contributed by atoms with Gasteiger partial charge in [0.25, 0.3) is 0 Å². The highest BCUT2D eigenvalue weighted by molar-refractivity contribution is 7.15. The molecule has 0 radical (unpaired) electrons. The number of thiazole rings is 1. The first-order chi connectivity index (χ1) is 7.97. The number of aliphatic carboxylic acids is 1. The van der Waals surface area contributed by atoms with Crippen LogP contribution in [-0.4, -0.2) is 40.1 Å². The number of carboxylic acids is 1. The molecule has 1 saturated heterocycles. The summed E-state index contributed by atoms with van der Waals surface area (Å²) in [6.45, 7) is 4.35. The molecule has 2 N–H and O–H groups in total. The molecule has 2 heterocycles. The van der Waals surface area contributed by atoms with Crippen LogP contribution >= 0.6 is 11.3 Å². The summed E-state index contributed by atoms with van der Waals surface area (Å²) in [5.41, 5.74) is 0.900. The Morgan fingerprint density at radius 2 is 2.12 bits per heavy atom. The lowest BCUT2D eigenvalue weighted by Gasteiger charge is -2.36. The number of nitrogens with zero attached hydrogens (tertiary/aromatic N) is 2. The summed E-state index contributed by atoms with van der Waals surface area (Å²) in [7, 11) is 0. The van der Waals surface area contributed by atoms with Crippen LogP contribution in [-0.2, 0) is 4.79 Å². The van der Waals surface area contributed by atoms with Crippen molar-refractivity contribution in [2.45, 2.75) is 13.8 Å². The number of likely N-dealkylation sites (tertiary alicyclic amines) is 1. The van der Waals surface area contributed by atoms with Crippen molar-refractivity contribution in [3.8, 4) is 0 Å². The number of carbonyl (C=O) groups excluding carboxylic acids is 1. The Kier molecular flexibility index (Phi) is 3.01. The lowest BCUT2D eigenvalue weighted by Crippen LogP contribution is -2.54. The van der Waals surface area contributed by atoms with E-state index in [-0.39, 0.29) is 19.1 Å². The fraction of sp³-hybridized carbons (Fsp3) is 0.500. The van der Waals surface area contributed by atoms with Crippen molar-refractivity contribution in [2.75, 3.05) is 18.4 Å². The number of hydrogen-bond donors (Lipinski definition) is 2. The Bertz CT molecular complexity index is 446. The van der Waals surface area contributed by atoms with Crippen LogP contribution < -0.4 is 5.32 Å². The average Bonchev–Trinajstić information content (AvgIpc) is 2.41. The first-order valence-corrected chi connectivity index (χ1v) is 6.02. The topological polar surface area (TPSA) is 82.5 Å². The molecule has 1 aliphatic heterocycles. The molecule has 0 bridgehead atoms. The summed E-state index contributed by atoms with van der Waals surface area (Å²) < 4.78 is 0. The molecule has 17 heavy (non-hydrogen) atoms. The second-order valence-corrected chi connectivity index (χ2v) is 5.23. The summed E-state index contributed by atoms with van der Waals surface area (Å²) in [5, 5.41) is 11.9. The maximum Gasteiger partial charge on any atom is 0.323 e. The Morgan fingerprint density at radius 1 is 1.47 bits per heavy atom. The Hall–Kier alpha value is -1.63. The van der Waals surface area contributed by atoms with E-state index in [1.165, 1.54) is 16.2 Å². The average molecular weight is 255 g/mol. The highest BCUT2D eigenvalue weighted by atomic mass is 32.1. The van der Waals surface area contributed by atoms with Crippen molar-refractivity contribution in [3.05, 3.63) is 10.6 Å². The van der Waals surface area contributed by atoms with Crippen LogP contribution in [0, 0.1) is 19.8 Å². The van der Waals surface area contributed by atoms with Gasteiger partial charge < -0.3 is 10.0 Å². The fourth-order valence-corrected chi connectivity index (χ4v) is 2.30. The number of aromatic nitrogens is 1. The molecule has 2 amide bonds. The Morgan fingerprint density at radius 3 is 2.59 bits per heavy atom. The number of carboxylic acid groups (broad SMARTS) is 1. The number of urea groups is 1. The first-order valence-electron chi connectivity index (χ1n) is 5.20. The largest absolute Gasteiger partial charge is 0.481 e.